The highest BCUT2D eigenvalue weighted by Crippen LogP contribution is 2.33. The first kappa shape index (κ1) is 27.6. The maximum atomic E-state index is 13.4. The molecule has 1 N–H and O–H groups in total. The average molecular weight is 589 g/mol. The lowest BCUT2D eigenvalue weighted by atomic mass is 10.0. The van der Waals surface area contributed by atoms with E-state index >= 15 is 0 Å². The fraction of sp³-hybridized carbons (Fsp3) is 0.0968. The number of nitrogens with one attached hydrogen (secondary N) is 1. The van der Waals surface area contributed by atoms with Crippen molar-refractivity contribution >= 4 is 66.1 Å². The molecule has 0 atom stereocenters. The van der Waals surface area contributed by atoms with Gasteiger partial charge in [-0.2, -0.15) is 0 Å². The Hall–Kier alpha value is -3.98. The molecule has 4 aromatic carbocycles. The number of thiophene rings is 1. The zero-order chi connectivity index (χ0) is 28.4. The smallest absolute Gasteiger partial charge is 0.265 e. The lowest BCUT2D eigenvalue weighted by Crippen LogP contribution is -2.30. The molecule has 0 saturated carbocycles. The number of fused-ring (bicyclic) bond motifs is 1. The number of carbonyl (C=O) groups is 2. The Bertz CT molecular complexity index is 1830. The van der Waals surface area contributed by atoms with Crippen LogP contribution in [0.5, 0.6) is 0 Å². The first-order valence-corrected chi connectivity index (χ1v) is 15.1. The third-order valence-corrected chi connectivity index (χ3v) is 9.69. The molecule has 0 aliphatic heterocycles. The summed E-state index contributed by atoms with van der Waals surface area (Å²) >= 11 is 7.46. The van der Waals surface area contributed by atoms with Crippen molar-refractivity contribution in [1.29, 1.82) is 0 Å². The van der Waals surface area contributed by atoms with E-state index in [2.05, 4.69) is 5.32 Å². The number of aryl methyl sites for hydroxylation is 1. The Labute approximate surface area is 241 Å². The van der Waals surface area contributed by atoms with Crippen LogP contribution >= 0.6 is 22.9 Å². The number of hydrogen-bond donors (Lipinski definition) is 1. The summed E-state index contributed by atoms with van der Waals surface area (Å²) in [4.78, 5) is 27.1. The van der Waals surface area contributed by atoms with Gasteiger partial charge in [0.25, 0.3) is 15.9 Å². The highest BCUT2D eigenvalue weighted by atomic mass is 35.5. The molecule has 0 spiro atoms. The summed E-state index contributed by atoms with van der Waals surface area (Å²) in [6.07, 6.45) is 0. The van der Waals surface area contributed by atoms with Gasteiger partial charge in [0.1, 0.15) is 0 Å². The number of hydrogen-bond acceptors (Lipinski definition) is 5. The molecule has 202 valence electrons. The van der Waals surface area contributed by atoms with Gasteiger partial charge in [0, 0.05) is 27.4 Å². The molecule has 1 aromatic heterocycles. The molecule has 0 unspecified atom stereocenters. The van der Waals surface area contributed by atoms with Crippen LogP contribution in [0.1, 0.15) is 38.1 Å². The second-order valence-electron chi connectivity index (χ2n) is 9.15. The molecular weight excluding hydrogens is 564 g/mol. The van der Waals surface area contributed by atoms with Crippen molar-refractivity contribution in [2.45, 2.75) is 18.7 Å². The quantitative estimate of drug-likeness (QED) is 0.190. The van der Waals surface area contributed by atoms with E-state index < -0.39 is 10.0 Å². The predicted octanol–water partition coefficient (Wildman–Crippen LogP) is 7.56. The normalized spacial score (nSPS) is 11.4. The summed E-state index contributed by atoms with van der Waals surface area (Å²) < 4.78 is 28.9. The molecular formula is C31H25ClN2O4S2. The van der Waals surface area contributed by atoms with Crippen molar-refractivity contribution in [1.82, 2.24) is 0 Å². The second kappa shape index (κ2) is 11.3. The minimum absolute atomic E-state index is 0.217. The number of halogens is 1. The number of benzene rings is 4. The summed E-state index contributed by atoms with van der Waals surface area (Å²) in [5.74, 6) is -0.638. The molecule has 0 saturated heterocycles. The Kier molecular flexibility index (Phi) is 7.76. The SMILES string of the molecule is CCN(c1ccc2sc(C(=O)Nc3ccc(Cl)cc3C(=O)c3ccccc3)cc2c1)S(=O)(=O)c1ccc(C)cc1. The summed E-state index contributed by atoms with van der Waals surface area (Å²) in [5, 5.41) is 3.97. The average Bonchev–Trinajstić information content (AvgIpc) is 3.38. The fourth-order valence-corrected chi connectivity index (χ4v) is 6.94. The van der Waals surface area contributed by atoms with Crippen LogP contribution in [-0.2, 0) is 10.0 Å². The van der Waals surface area contributed by atoms with Crippen molar-refractivity contribution < 1.29 is 18.0 Å². The topological polar surface area (TPSA) is 83.6 Å². The number of carbonyl (C=O) groups excluding carboxylic acids is 2. The molecule has 0 aliphatic rings. The van der Waals surface area contributed by atoms with Crippen LogP contribution < -0.4 is 9.62 Å². The van der Waals surface area contributed by atoms with Crippen LogP contribution in [0.3, 0.4) is 0 Å². The van der Waals surface area contributed by atoms with E-state index in [1.165, 1.54) is 21.7 Å². The number of nitrogens with zero attached hydrogens (tertiary/aromatic N) is 1. The highest BCUT2D eigenvalue weighted by molar-refractivity contribution is 7.92. The Balaban J connectivity index is 1.43. The van der Waals surface area contributed by atoms with Crippen molar-refractivity contribution in [2.75, 3.05) is 16.2 Å². The number of anilines is 2. The molecule has 1 amide bonds. The Morgan fingerprint density at radius 2 is 1.62 bits per heavy atom. The van der Waals surface area contributed by atoms with Crippen molar-refractivity contribution in [3.8, 4) is 0 Å². The third-order valence-electron chi connectivity index (χ3n) is 6.42. The van der Waals surface area contributed by atoms with Gasteiger partial charge in [0.05, 0.1) is 21.1 Å². The lowest BCUT2D eigenvalue weighted by molar-refractivity contribution is 0.103. The van der Waals surface area contributed by atoms with Gasteiger partial charge in [-0.1, -0.05) is 59.6 Å². The van der Waals surface area contributed by atoms with E-state index in [1.54, 1.807) is 85.8 Å². The largest absolute Gasteiger partial charge is 0.321 e. The van der Waals surface area contributed by atoms with Crippen molar-refractivity contribution in [2.24, 2.45) is 0 Å². The van der Waals surface area contributed by atoms with E-state index in [0.29, 0.717) is 26.8 Å². The summed E-state index contributed by atoms with van der Waals surface area (Å²) in [6.45, 7) is 3.93. The lowest BCUT2D eigenvalue weighted by Gasteiger charge is -2.23. The monoisotopic (exact) mass is 588 g/mol. The molecule has 9 heteroatoms. The van der Waals surface area contributed by atoms with E-state index in [1.807, 2.05) is 19.1 Å². The molecule has 0 bridgehead atoms. The molecule has 0 radical (unpaired) electrons. The van der Waals surface area contributed by atoms with Crippen molar-refractivity contribution in [3.05, 3.63) is 124 Å². The van der Waals surface area contributed by atoms with Gasteiger partial charge in [-0.3, -0.25) is 13.9 Å². The number of amides is 1. The molecule has 0 fully saturated rings. The molecule has 5 rings (SSSR count). The van der Waals surface area contributed by atoms with E-state index in [0.717, 1.165) is 15.6 Å². The maximum Gasteiger partial charge on any atom is 0.265 e. The fourth-order valence-electron chi connectivity index (χ4n) is 4.37. The molecule has 5 aromatic rings. The van der Waals surface area contributed by atoms with Gasteiger partial charge in [-0.05, 0) is 73.8 Å². The van der Waals surface area contributed by atoms with Crippen LogP contribution in [-0.4, -0.2) is 26.7 Å². The van der Waals surface area contributed by atoms with Gasteiger partial charge in [0.15, 0.2) is 5.78 Å². The molecule has 0 aliphatic carbocycles. The van der Waals surface area contributed by atoms with Crippen LogP contribution in [0.25, 0.3) is 10.1 Å². The standard InChI is InChI=1S/C31H25ClN2O4S2/c1-3-34(40(37,38)25-13-9-20(2)10-14-25)24-12-16-28-22(17-24)18-29(39-28)31(36)33-27-15-11-23(32)19-26(27)30(35)21-7-5-4-6-8-21/h4-19H,3H2,1-2H3,(H,33,36). The van der Waals surface area contributed by atoms with Crippen molar-refractivity contribution in [3.63, 3.8) is 0 Å². The van der Waals surface area contributed by atoms with Crippen LogP contribution in [0.2, 0.25) is 5.02 Å². The zero-order valence-electron chi connectivity index (χ0n) is 21.7. The van der Waals surface area contributed by atoms with Gasteiger partial charge in [0.2, 0.25) is 0 Å². The predicted molar refractivity (Wildman–Crippen MR) is 162 cm³/mol. The minimum Gasteiger partial charge on any atom is -0.321 e. The summed E-state index contributed by atoms with van der Waals surface area (Å²) in [7, 11) is -3.76. The van der Waals surface area contributed by atoms with Crippen LogP contribution in [0.15, 0.2) is 102 Å². The second-order valence-corrected chi connectivity index (χ2v) is 12.5. The summed E-state index contributed by atoms with van der Waals surface area (Å²) in [6, 6.07) is 27.3. The van der Waals surface area contributed by atoms with Crippen LogP contribution in [0.4, 0.5) is 11.4 Å². The van der Waals surface area contributed by atoms with E-state index in [9.17, 15) is 18.0 Å². The number of rotatable bonds is 8. The summed E-state index contributed by atoms with van der Waals surface area (Å²) in [5.41, 5.74) is 2.60. The van der Waals surface area contributed by atoms with Gasteiger partial charge < -0.3 is 5.32 Å². The third kappa shape index (κ3) is 5.51. The number of sulfonamides is 1. The zero-order valence-corrected chi connectivity index (χ0v) is 24.1. The molecule has 6 nitrogen and oxygen atoms in total. The van der Waals surface area contributed by atoms with Gasteiger partial charge >= 0.3 is 0 Å². The van der Waals surface area contributed by atoms with Gasteiger partial charge in [-0.15, -0.1) is 11.3 Å². The van der Waals surface area contributed by atoms with E-state index in [4.69, 9.17) is 11.6 Å². The Morgan fingerprint density at radius 3 is 2.33 bits per heavy atom. The molecule has 1 heterocycles. The number of ketones is 1. The minimum atomic E-state index is -3.76. The maximum absolute atomic E-state index is 13.4. The molecule has 40 heavy (non-hydrogen) atoms. The highest BCUT2D eigenvalue weighted by Gasteiger charge is 2.24. The van der Waals surface area contributed by atoms with Gasteiger partial charge in [-0.25, -0.2) is 8.42 Å². The first-order valence-electron chi connectivity index (χ1n) is 12.5. The van der Waals surface area contributed by atoms with E-state index in [-0.39, 0.29) is 28.7 Å². The first-order chi connectivity index (χ1) is 19.2. The Morgan fingerprint density at radius 1 is 0.900 bits per heavy atom. The van der Waals surface area contributed by atoms with Crippen LogP contribution in [0, 0.1) is 6.92 Å².